The van der Waals surface area contributed by atoms with Crippen molar-refractivity contribution in [2.45, 2.75) is 52.5 Å². The van der Waals surface area contributed by atoms with E-state index in [1.54, 1.807) is 6.20 Å². The van der Waals surface area contributed by atoms with Crippen LogP contribution in [-0.2, 0) is 0 Å². The Morgan fingerprint density at radius 2 is 2.04 bits per heavy atom. The second-order valence-corrected chi connectivity index (χ2v) is 7.13. The fourth-order valence-electron chi connectivity index (χ4n) is 3.21. The highest BCUT2D eigenvalue weighted by atomic mass is 16.1. The Kier molecular flexibility index (Phi) is 5.86. The van der Waals surface area contributed by atoms with Gasteiger partial charge in [-0.2, -0.15) is 0 Å². The van der Waals surface area contributed by atoms with Gasteiger partial charge in [-0.15, -0.1) is 0 Å². The molecule has 0 unspecified atom stereocenters. The summed E-state index contributed by atoms with van der Waals surface area (Å²) in [5.74, 6) is 1.35. The molecule has 2 heterocycles. The van der Waals surface area contributed by atoms with Crippen LogP contribution in [0.4, 0.5) is 5.82 Å². The Labute approximate surface area is 155 Å². The number of rotatable bonds is 5. The highest BCUT2D eigenvalue weighted by Gasteiger charge is 2.22. The smallest absolute Gasteiger partial charge is 0.256 e. The molecule has 2 aromatic rings. The molecule has 5 heteroatoms. The van der Waals surface area contributed by atoms with Crippen molar-refractivity contribution in [2.75, 3.05) is 18.0 Å². The summed E-state index contributed by atoms with van der Waals surface area (Å²) in [6.07, 6.45) is 6.09. The summed E-state index contributed by atoms with van der Waals surface area (Å²) in [7, 11) is 0. The molecule has 138 valence electrons. The SMILES string of the molecule is CC[C@@H](C)NC(=O)c1cnc(-c2cccc(C)c2)nc1N1CCCCC1. The number of hydrogen-bond acceptors (Lipinski definition) is 4. The first kappa shape index (κ1) is 18.4. The van der Waals surface area contributed by atoms with Gasteiger partial charge in [-0.1, -0.05) is 30.7 Å². The number of aromatic nitrogens is 2. The number of benzene rings is 1. The maximum atomic E-state index is 12.8. The van der Waals surface area contributed by atoms with Crippen LogP contribution in [0.25, 0.3) is 11.4 Å². The predicted molar refractivity (Wildman–Crippen MR) is 105 cm³/mol. The van der Waals surface area contributed by atoms with Crippen molar-refractivity contribution in [3.05, 3.63) is 41.6 Å². The van der Waals surface area contributed by atoms with E-state index in [0.717, 1.165) is 43.7 Å². The quantitative estimate of drug-likeness (QED) is 0.884. The first-order valence-electron chi connectivity index (χ1n) is 9.58. The Bertz CT molecular complexity index is 768. The second kappa shape index (κ2) is 8.30. The number of piperidine rings is 1. The highest BCUT2D eigenvalue weighted by Crippen LogP contribution is 2.25. The lowest BCUT2D eigenvalue weighted by Crippen LogP contribution is -2.36. The average molecular weight is 352 g/mol. The topological polar surface area (TPSA) is 58.1 Å². The molecule has 0 bridgehead atoms. The van der Waals surface area contributed by atoms with Crippen LogP contribution in [0.2, 0.25) is 0 Å². The zero-order valence-electron chi connectivity index (χ0n) is 16.0. The molecule has 0 spiro atoms. The number of nitrogens with one attached hydrogen (secondary N) is 1. The van der Waals surface area contributed by atoms with Crippen molar-refractivity contribution in [1.82, 2.24) is 15.3 Å². The Morgan fingerprint density at radius 3 is 2.73 bits per heavy atom. The first-order chi connectivity index (χ1) is 12.6. The number of carbonyl (C=O) groups is 1. The molecule has 5 nitrogen and oxygen atoms in total. The fraction of sp³-hybridized carbons (Fsp3) is 0.476. The summed E-state index contributed by atoms with van der Waals surface area (Å²) < 4.78 is 0. The van der Waals surface area contributed by atoms with Crippen molar-refractivity contribution in [2.24, 2.45) is 0 Å². The van der Waals surface area contributed by atoms with E-state index >= 15 is 0 Å². The van der Waals surface area contributed by atoms with Gasteiger partial charge in [0, 0.05) is 30.9 Å². The van der Waals surface area contributed by atoms with Crippen molar-refractivity contribution < 1.29 is 4.79 Å². The van der Waals surface area contributed by atoms with Gasteiger partial charge in [-0.25, -0.2) is 9.97 Å². The molecule has 0 radical (unpaired) electrons. The maximum Gasteiger partial charge on any atom is 0.256 e. The molecular formula is C21H28N4O. The lowest BCUT2D eigenvalue weighted by molar-refractivity contribution is 0.0939. The van der Waals surface area contributed by atoms with E-state index in [-0.39, 0.29) is 11.9 Å². The zero-order valence-corrected chi connectivity index (χ0v) is 16.0. The Balaban J connectivity index is 1.99. The van der Waals surface area contributed by atoms with Gasteiger partial charge in [0.25, 0.3) is 5.91 Å². The third-order valence-corrected chi connectivity index (χ3v) is 4.94. The minimum absolute atomic E-state index is 0.0873. The molecule has 1 aliphatic rings. The van der Waals surface area contributed by atoms with E-state index in [2.05, 4.69) is 41.2 Å². The predicted octanol–water partition coefficient (Wildman–Crippen LogP) is 3.97. The summed E-state index contributed by atoms with van der Waals surface area (Å²) in [5.41, 5.74) is 2.73. The zero-order chi connectivity index (χ0) is 18.5. The van der Waals surface area contributed by atoms with Gasteiger partial charge < -0.3 is 10.2 Å². The van der Waals surface area contributed by atoms with Gasteiger partial charge in [0.2, 0.25) is 0 Å². The fourth-order valence-corrected chi connectivity index (χ4v) is 3.21. The Morgan fingerprint density at radius 1 is 1.27 bits per heavy atom. The normalized spacial score (nSPS) is 15.6. The number of anilines is 1. The third-order valence-electron chi connectivity index (χ3n) is 4.94. The lowest BCUT2D eigenvalue weighted by atomic mass is 10.1. The van der Waals surface area contributed by atoms with Crippen LogP contribution in [-0.4, -0.2) is 35.0 Å². The van der Waals surface area contributed by atoms with Crippen molar-refractivity contribution in [3.8, 4) is 11.4 Å². The number of carbonyl (C=O) groups excluding carboxylic acids is 1. The molecule has 1 N–H and O–H groups in total. The highest BCUT2D eigenvalue weighted by molar-refractivity contribution is 5.99. The Hall–Kier alpha value is -2.43. The number of hydrogen-bond donors (Lipinski definition) is 1. The molecule has 1 fully saturated rings. The minimum atomic E-state index is -0.0873. The monoisotopic (exact) mass is 352 g/mol. The third kappa shape index (κ3) is 4.21. The number of aryl methyl sites for hydroxylation is 1. The molecule has 0 saturated carbocycles. The van der Waals surface area contributed by atoms with Gasteiger partial charge >= 0.3 is 0 Å². The van der Waals surface area contributed by atoms with Crippen LogP contribution in [0, 0.1) is 6.92 Å². The van der Waals surface area contributed by atoms with Crippen LogP contribution in [0.15, 0.2) is 30.5 Å². The largest absolute Gasteiger partial charge is 0.356 e. The molecule has 1 aromatic heterocycles. The lowest BCUT2D eigenvalue weighted by Gasteiger charge is -2.29. The van der Waals surface area contributed by atoms with Crippen molar-refractivity contribution in [3.63, 3.8) is 0 Å². The minimum Gasteiger partial charge on any atom is -0.356 e. The molecule has 26 heavy (non-hydrogen) atoms. The summed E-state index contributed by atoms with van der Waals surface area (Å²) in [6.45, 7) is 8.01. The number of amides is 1. The molecule has 1 aliphatic heterocycles. The van der Waals surface area contributed by atoms with Crippen LogP contribution in [0.5, 0.6) is 0 Å². The molecule has 0 aliphatic carbocycles. The van der Waals surface area contributed by atoms with Gasteiger partial charge in [-0.05, 0) is 45.6 Å². The van der Waals surface area contributed by atoms with Crippen molar-refractivity contribution in [1.29, 1.82) is 0 Å². The van der Waals surface area contributed by atoms with Gasteiger partial charge in [0.15, 0.2) is 5.82 Å². The molecule has 3 rings (SSSR count). The van der Waals surface area contributed by atoms with Crippen LogP contribution in [0.1, 0.15) is 55.5 Å². The maximum absolute atomic E-state index is 12.8. The van der Waals surface area contributed by atoms with Crippen LogP contribution < -0.4 is 10.2 Å². The molecule has 1 saturated heterocycles. The van der Waals surface area contributed by atoms with E-state index in [4.69, 9.17) is 4.98 Å². The van der Waals surface area contributed by atoms with E-state index in [0.29, 0.717) is 11.4 Å². The molecule has 1 atom stereocenters. The first-order valence-corrected chi connectivity index (χ1v) is 9.58. The van der Waals surface area contributed by atoms with E-state index in [1.165, 1.54) is 12.0 Å². The van der Waals surface area contributed by atoms with Crippen LogP contribution >= 0.6 is 0 Å². The van der Waals surface area contributed by atoms with E-state index in [1.807, 2.05) is 19.1 Å². The standard InChI is InChI=1S/C21H28N4O/c1-4-16(3)23-21(26)18-14-22-19(17-10-8-9-15(2)13-17)24-20(18)25-11-6-5-7-12-25/h8-10,13-14,16H,4-7,11-12H2,1-3H3,(H,23,26)/t16-/m1/s1. The second-order valence-electron chi connectivity index (χ2n) is 7.13. The molecular weight excluding hydrogens is 324 g/mol. The molecule has 1 aromatic carbocycles. The van der Waals surface area contributed by atoms with Gasteiger partial charge in [0.05, 0.1) is 0 Å². The van der Waals surface area contributed by atoms with Gasteiger partial charge in [0.1, 0.15) is 11.4 Å². The average Bonchev–Trinajstić information content (AvgIpc) is 2.68. The number of nitrogens with zero attached hydrogens (tertiary/aromatic N) is 3. The van der Waals surface area contributed by atoms with E-state index in [9.17, 15) is 4.79 Å². The molecule has 1 amide bonds. The summed E-state index contributed by atoms with van der Waals surface area (Å²) in [5, 5.41) is 3.05. The van der Waals surface area contributed by atoms with Gasteiger partial charge in [-0.3, -0.25) is 4.79 Å². The van der Waals surface area contributed by atoms with E-state index < -0.39 is 0 Å². The van der Waals surface area contributed by atoms with Crippen LogP contribution in [0.3, 0.4) is 0 Å². The summed E-state index contributed by atoms with van der Waals surface area (Å²) >= 11 is 0. The summed E-state index contributed by atoms with van der Waals surface area (Å²) in [6, 6.07) is 8.30. The summed E-state index contributed by atoms with van der Waals surface area (Å²) in [4.78, 5) is 24.3. The van der Waals surface area contributed by atoms with Crippen molar-refractivity contribution >= 4 is 11.7 Å².